The van der Waals surface area contributed by atoms with Crippen LogP contribution in [0.15, 0.2) is 6.07 Å². The number of aryl methyl sites for hydroxylation is 2. The van der Waals surface area contributed by atoms with E-state index in [-0.39, 0.29) is 5.91 Å². The van der Waals surface area contributed by atoms with Crippen molar-refractivity contribution in [2.45, 2.75) is 57.5 Å². The summed E-state index contributed by atoms with van der Waals surface area (Å²) in [5.74, 6) is 1.63. The standard InChI is InChI=1S/C21H33N5O2/c1-16(27)25-9-5-4-8-21(28,15-25)14-22-11-17-12-26(13-17)20-10-18-6-2-3-7-19(18)23-24-20/h10,17,22,28H,2-9,11-15H2,1H3. The maximum Gasteiger partial charge on any atom is 0.219 e. The van der Waals surface area contributed by atoms with E-state index in [0.29, 0.717) is 19.0 Å². The first kappa shape index (κ1) is 19.6. The molecule has 1 amide bonds. The van der Waals surface area contributed by atoms with Crippen molar-refractivity contribution >= 4 is 11.7 Å². The van der Waals surface area contributed by atoms with Crippen molar-refractivity contribution in [1.82, 2.24) is 20.4 Å². The third kappa shape index (κ3) is 4.46. The van der Waals surface area contributed by atoms with Crippen molar-refractivity contribution in [3.63, 3.8) is 0 Å². The smallest absolute Gasteiger partial charge is 0.219 e. The molecule has 1 atom stereocenters. The molecule has 2 aliphatic heterocycles. The molecule has 0 aromatic carbocycles. The van der Waals surface area contributed by atoms with Gasteiger partial charge in [0.1, 0.15) is 0 Å². The fourth-order valence-electron chi connectivity index (χ4n) is 4.71. The number of nitrogens with zero attached hydrogens (tertiary/aromatic N) is 4. The van der Waals surface area contributed by atoms with E-state index in [1.807, 2.05) is 0 Å². The van der Waals surface area contributed by atoms with Crippen LogP contribution in [0.25, 0.3) is 0 Å². The minimum Gasteiger partial charge on any atom is -0.387 e. The van der Waals surface area contributed by atoms with E-state index in [4.69, 9.17) is 0 Å². The molecule has 2 saturated heterocycles. The summed E-state index contributed by atoms with van der Waals surface area (Å²) < 4.78 is 0. The second kappa shape index (κ2) is 8.33. The number of anilines is 1. The number of aromatic nitrogens is 2. The lowest BCUT2D eigenvalue weighted by Crippen LogP contribution is -2.54. The van der Waals surface area contributed by atoms with E-state index < -0.39 is 5.60 Å². The van der Waals surface area contributed by atoms with Gasteiger partial charge in [0.15, 0.2) is 5.82 Å². The maximum absolute atomic E-state index is 11.7. The van der Waals surface area contributed by atoms with E-state index in [1.165, 1.54) is 24.1 Å². The SMILES string of the molecule is CC(=O)N1CCCCC(O)(CNCC2CN(c3cc4c(nn3)CCCC4)C2)C1. The van der Waals surface area contributed by atoms with Crippen LogP contribution in [0.3, 0.4) is 0 Å². The molecule has 2 fully saturated rings. The number of nitrogens with one attached hydrogen (secondary N) is 1. The average Bonchev–Trinajstić information content (AvgIpc) is 2.85. The van der Waals surface area contributed by atoms with Crippen LogP contribution in [0.1, 0.15) is 50.3 Å². The van der Waals surface area contributed by atoms with Crippen LogP contribution in [-0.4, -0.2) is 71.0 Å². The Kier molecular flexibility index (Phi) is 5.83. The quantitative estimate of drug-likeness (QED) is 0.789. The van der Waals surface area contributed by atoms with Crippen LogP contribution < -0.4 is 10.2 Å². The molecular formula is C21H33N5O2. The van der Waals surface area contributed by atoms with E-state index >= 15 is 0 Å². The van der Waals surface area contributed by atoms with Gasteiger partial charge in [0.2, 0.25) is 5.91 Å². The number of hydrogen-bond donors (Lipinski definition) is 2. The van der Waals surface area contributed by atoms with Crippen molar-refractivity contribution in [2.75, 3.05) is 44.2 Å². The number of aliphatic hydroxyl groups is 1. The van der Waals surface area contributed by atoms with E-state index in [2.05, 4.69) is 26.5 Å². The highest BCUT2D eigenvalue weighted by Crippen LogP contribution is 2.27. The lowest BCUT2D eigenvalue weighted by atomic mass is 9.95. The Morgan fingerprint density at radius 3 is 2.89 bits per heavy atom. The molecule has 7 heteroatoms. The highest BCUT2D eigenvalue weighted by atomic mass is 16.3. The number of fused-ring (bicyclic) bond motifs is 1. The first-order chi connectivity index (χ1) is 13.5. The fraction of sp³-hybridized carbons (Fsp3) is 0.762. The summed E-state index contributed by atoms with van der Waals surface area (Å²) in [6.45, 7) is 6.19. The van der Waals surface area contributed by atoms with Crippen LogP contribution in [0.4, 0.5) is 5.82 Å². The van der Waals surface area contributed by atoms with Crippen LogP contribution in [0, 0.1) is 5.92 Å². The third-order valence-corrected chi connectivity index (χ3v) is 6.48. The molecular weight excluding hydrogens is 354 g/mol. The zero-order chi connectivity index (χ0) is 19.6. The molecule has 1 unspecified atom stereocenters. The van der Waals surface area contributed by atoms with Crippen molar-refractivity contribution in [1.29, 1.82) is 0 Å². The summed E-state index contributed by atoms with van der Waals surface area (Å²) in [6, 6.07) is 2.23. The van der Waals surface area contributed by atoms with Gasteiger partial charge in [0.25, 0.3) is 0 Å². The number of carbonyl (C=O) groups excluding carboxylic acids is 1. The van der Waals surface area contributed by atoms with Crippen molar-refractivity contribution in [3.05, 3.63) is 17.3 Å². The number of rotatable bonds is 5. The molecule has 3 heterocycles. The predicted octanol–water partition coefficient (Wildman–Crippen LogP) is 1.14. The topological polar surface area (TPSA) is 81.6 Å². The Bertz CT molecular complexity index is 706. The molecule has 4 rings (SSSR count). The zero-order valence-corrected chi connectivity index (χ0v) is 17.0. The van der Waals surface area contributed by atoms with Gasteiger partial charge in [-0.2, -0.15) is 5.10 Å². The molecule has 0 saturated carbocycles. The minimum absolute atomic E-state index is 0.0566. The molecule has 0 spiro atoms. The van der Waals surface area contributed by atoms with Gasteiger partial charge in [-0.3, -0.25) is 4.79 Å². The summed E-state index contributed by atoms with van der Waals surface area (Å²) in [6.07, 6.45) is 7.39. The molecule has 7 nitrogen and oxygen atoms in total. The van der Waals surface area contributed by atoms with Crippen molar-refractivity contribution < 1.29 is 9.90 Å². The normalized spacial score (nSPS) is 25.8. The van der Waals surface area contributed by atoms with E-state index in [1.54, 1.807) is 11.8 Å². The van der Waals surface area contributed by atoms with Crippen LogP contribution >= 0.6 is 0 Å². The first-order valence-electron chi connectivity index (χ1n) is 10.8. The Labute approximate surface area is 167 Å². The number of hydrogen-bond acceptors (Lipinski definition) is 6. The number of likely N-dealkylation sites (tertiary alicyclic amines) is 1. The monoisotopic (exact) mass is 387 g/mol. The molecule has 0 radical (unpaired) electrons. The Morgan fingerprint density at radius 1 is 1.25 bits per heavy atom. The minimum atomic E-state index is -0.810. The van der Waals surface area contributed by atoms with Gasteiger partial charge in [-0.25, -0.2) is 0 Å². The van der Waals surface area contributed by atoms with E-state index in [0.717, 1.165) is 64.1 Å². The number of β-amino-alcohol motifs (C(OH)–C–C–N with tert-alkyl or cyclic N) is 1. The average molecular weight is 388 g/mol. The molecule has 1 aliphatic carbocycles. The third-order valence-electron chi connectivity index (χ3n) is 6.48. The molecule has 154 valence electrons. The van der Waals surface area contributed by atoms with Gasteiger partial charge in [0, 0.05) is 45.6 Å². The molecule has 2 N–H and O–H groups in total. The van der Waals surface area contributed by atoms with E-state index in [9.17, 15) is 9.90 Å². The van der Waals surface area contributed by atoms with Gasteiger partial charge < -0.3 is 20.2 Å². The number of carbonyl (C=O) groups is 1. The Balaban J connectivity index is 1.22. The van der Waals surface area contributed by atoms with Crippen LogP contribution in [-0.2, 0) is 17.6 Å². The van der Waals surface area contributed by atoms with Crippen LogP contribution in [0.5, 0.6) is 0 Å². The van der Waals surface area contributed by atoms with Gasteiger partial charge >= 0.3 is 0 Å². The highest BCUT2D eigenvalue weighted by molar-refractivity contribution is 5.73. The van der Waals surface area contributed by atoms with Crippen molar-refractivity contribution in [3.8, 4) is 0 Å². The molecule has 28 heavy (non-hydrogen) atoms. The van der Waals surface area contributed by atoms with Gasteiger partial charge in [0.05, 0.1) is 17.8 Å². The van der Waals surface area contributed by atoms with Crippen LogP contribution in [0.2, 0.25) is 0 Å². The highest BCUT2D eigenvalue weighted by Gasteiger charge is 2.34. The summed E-state index contributed by atoms with van der Waals surface area (Å²) in [5, 5.41) is 23.3. The summed E-state index contributed by atoms with van der Waals surface area (Å²) >= 11 is 0. The molecule has 0 bridgehead atoms. The van der Waals surface area contributed by atoms with Gasteiger partial charge in [-0.1, -0.05) is 0 Å². The zero-order valence-electron chi connectivity index (χ0n) is 17.0. The van der Waals surface area contributed by atoms with Crippen molar-refractivity contribution in [2.24, 2.45) is 5.92 Å². The largest absolute Gasteiger partial charge is 0.387 e. The lowest BCUT2D eigenvalue weighted by molar-refractivity contribution is -0.131. The molecule has 1 aromatic rings. The maximum atomic E-state index is 11.7. The second-order valence-electron chi connectivity index (χ2n) is 8.91. The Hall–Kier alpha value is -1.73. The molecule has 3 aliphatic rings. The molecule has 1 aromatic heterocycles. The Morgan fingerprint density at radius 2 is 2.07 bits per heavy atom. The first-order valence-corrected chi connectivity index (χ1v) is 10.8. The van der Waals surface area contributed by atoms with Gasteiger partial charge in [-0.15, -0.1) is 5.10 Å². The number of amides is 1. The van der Waals surface area contributed by atoms with Gasteiger partial charge in [-0.05, 0) is 56.6 Å². The summed E-state index contributed by atoms with van der Waals surface area (Å²) in [5.41, 5.74) is 1.75. The summed E-state index contributed by atoms with van der Waals surface area (Å²) in [7, 11) is 0. The second-order valence-corrected chi connectivity index (χ2v) is 8.91. The lowest BCUT2D eigenvalue weighted by Gasteiger charge is -2.41. The predicted molar refractivity (Wildman–Crippen MR) is 108 cm³/mol. The fourth-order valence-corrected chi connectivity index (χ4v) is 4.71. The summed E-state index contributed by atoms with van der Waals surface area (Å²) in [4.78, 5) is 15.8.